The van der Waals surface area contributed by atoms with Crippen LogP contribution in [0.5, 0.6) is 0 Å². The molecule has 0 radical (unpaired) electrons. The molecule has 3 rings (SSSR count). The smallest absolute Gasteiger partial charge is 0.274 e. The van der Waals surface area contributed by atoms with E-state index in [0.29, 0.717) is 0 Å². The number of fused-ring (bicyclic) bond motifs is 1. The Balaban J connectivity index is 2.16. The van der Waals surface area contributed by atoms with Gasteiger partial charge in [0.15, 0.2) is 5.41 Å². The summed E-state index contributed by atoms with van der Waals surface area (Å²) in [6.45, 7) is -0.580. The van der Waals surface area contributed by atoms with E-state index in [2.05, 4.69) is 17.3 Å². The second-order valence-corrected chi connectivity index (χ2v) is 5.46. The normalized spacial score (nSPS) is 25.2. The summed E-state index contributed by atoms with van der Waals surface area (Å²) in [6.07, 6.45) is -2.80. The van der Waals surface area contributed by atoms with Crippen molar-refractivity contribution in [2.45, 2.75) is 24.4 Å². The zero-order chi connectivity index (χ0) is 14.4. The SMILES string of the molecule is FC(F)(F)[C@@]1(C#CC2CC2)CONc2ccc(Cl)cc21. The summed E-state index contributed by atoms with van der Waals surface area (Å²) in [6, 6.07) is 4.29. The van der Waals surface area contributed by atoms with Crippen molar-refractivity contribution in [1.82, 2.24) is 0 Å². The van der Waals surface area contributed by atoms with Gasteiger partial charge >= 0.3 is 6.18 Å². The van der Waals surface area contributed by atoms with E-state index < -0.39 is 18.2 Å². The molecule has 0 aromatic heterocycles. The zero-order valence-corrected chi connectivity index (χ0v) is 11.1. The van der Waals surface area contributed by atoms with Gasteiger partial charge in [0.2, 0.25) is 0 Å². The quantitative estimate of drug-likeness (QED) is 0.734. The number of nitrogens with one attached hydrogen (secondary N) is 1. The Kier molecular flexibility index (Phi) is 3.11. The van der Waals surface area contributed by atoms with Crippen LogP contribution in [0.4, 0.5) is 18.9 Å². The van der Waals surface area contributed by atoms with Gasteiger partial charge in [-0.05, 0) is 31.0 Å². The van der Waals surface area contributed by atoms with E-state index in [1.165, 1.54) is 18.2 Å². The van der Waals surface area contributed by atoms with Crippen molar-refractivity contribution >= 4 is 17.3 Å². The number of halogens is 4. The van der Waals surface area contributed by atoms with E-state index in [1.54, 1.807) is 0 Å². The topological polar surface area (TPSA) is 21.3 Å². The molecule has 0 saturated heterocycles. The van der Waals surface area contributed by atoms with Gasteiger partial charge in [0, 0.05) is 16.5 Å². The van der Waals surface area contributed by atoms with Crippen LogP contribution >= 0.6 is 11.6 Å². The molecule has 1 atom stereocenters. The minimum absolute atomic E-state index is 0.0249. The Morgan fingerprint density at radius 2 is 2.10 bits per heavy atom. The van der Waals surface area contributed by atoms with Crippen molar-refractivity contribution in [1.29, 1.82) is 0 Å². The van der Waals surface area contributed by atoms with Gasteiger partial charge in [-0.3, -0.25) is 10.3 Å². The molecule has 0 unspecified atom stereocenters. The first-order valence-electron chi connectivity index (χ1n) is 6.20. The lowest BCUT2D eigenvalue weighted by Crippen LogP contribution is -2.48. The van der Waals surface area contributed by atoms with Crippen molar-refractivity contribution in [3.8, 4) is 11.8 Å². The molecule has 1 aromatic carbocycles. The van der Waals surface area contributed by atoms with Gasteiger partial charge in [0.05, 0.1) is 5.69 Å². The highest BCUT2D eigenvalue weighted by molar-refractivity contribution is 6.30. The molecule has 2 aliphatic rings. The molecule has 2 nitrogen and oxygen atoms in total. The summed E-state index contributed by atoms with van der Waals surface area (Å²) in [5, 5.41) is 0.245. The molecular weight excluding hydrogens is 291 g/mol. The molecule has 1 aliphatic carbocycles. The van der Waals surface area contributed by atoms with E-state index in [1.807, 2.05) is 0 Å². The van der Waals surface area contributed by atoms with Crippen molar-refractivity contribution in [2.75, 3.05) is 12.1 Å². The van der Waals surface area contributed by atoms with Crippen LogP contribution in [-0.4, -0.2) is 12.8 Å². The van der Waals surface area contributed by atoms with Crippen LogP contribution in [0.15, 0.2) is 18.2 Å². The van der Waals surface area contributed by atoms with Gasteiger partial charge in [0.1, 0.15) is 6.61 Å². The number of anilines is 1. The van der Waals surface area contributed by atoms with Gasteiger partial charge < -0.3 is 0 Å². The first-order valence-corrected chi connectivity index (χ1v) is 6.57. The maximum atomic E-state index is 13.6. The molecule has 1 aliphatic heterocycles. The Hall–Kier alpha value is -1.38. The second kappa shape index (κ2) is 4.57. The average Bonchev–Trinajstić information content (AvgIpc) is 3.19. The average molecular weight is 302 g/mol. The standard InChI is InChI=1S/C14H11ClF3NO/c15-10-3-4-12-11(7-10)13(8-20-19-12,14(16,17)18)6-5-9-1-2-9/h3-4,7,9,19H,1-2,8H2/t13-/m0/s1. The highest BCUT2D eigenvalue weighted by atomic mass is 35.5. The third-order valence-electron chi connectivity index (χ3n) is 3.46. The van der Waals surface area contributed by atoms with Crippen LogP contribution in [0.2, 0.25) is 5.02 Å². The molecule has 0 bridgehead atoms. The zero-order valence-electron chi connectivity index (χ0n) is 10.4. The number of hydrogen-bond donors (Lipinski definition) is 1. The summed E-state index contributed by atoms with van der Waals surface area (Å²) in [7, 11) is 0. The first kappa shape index (κ1) is 13.6. The number of alkyl halides is 3. The lowest BCUT2D eigenvalue weighted by molar-refractivity contribution is -0.187. The van der Waals surface area contributed by atoms with Gasteiger partial charge in [-0.15, -0.1) is 0 Å². The highest BCUT2D eigenvalue weighted by Gasteiger charge is 2.58. The fourth-order valence-electron chi connectivity index (χ4n) is 2.12. The van der Waals surface area contributed by atoms with Crippen LogP contribution < -0.4 is 5.48 Å². The van der Waals surface area contributed by atoms with Gasteiger partial charge in [-0.2, -0.15) is 13.2 Å². The minimum atomic E-state index is -4.53. The Bertz CT molecular complexity index is 601. The van der Waals surface area contributed by atoms with Gasteiger partial charge in [-0.25, -0.2) is 0 Å². The predicted octanol–water partition coefficient (Wildman–Crippen LogP) is 3.91. The molecule has 6 heteroatoms. The van der Waals surface area contributed by atoms with Crippen LogP contribution in [0, 0.1) is 17.8 Å². The van der Waals surface area contributed by atoms with Crippen molar-refractivity contribution < 1.29 is 18.0 Å². The molecule has 1 fully saturated rings. The lowest BCUT2D eigenvalue weighted by Gasteiger charge is -2.36. The molecule has 0 amide bonds. The number of benzene rings is 1. The fourth-order valence-corrected chi connectivity index (χ4v) is 2.29. The van der Waals surface area contributed by atoms with E-state index in [-0.39, 0.29) is 22.2 Å². The largest absolute Gasteiger partial charge is 0.411 e. The summed E-state index contributed by atoms with van der Waals surface area (Å²) < 4.78 is 40.9. The predicted molar refractivity (Wildman–Crippen MR) is 69.3 cm³/mol. The lowest BCUT2D eigenvalue weighted by atomic mass is 9.79. The first-order chi connectivity index (χ1) is 9.42. The molecule has 106 valence electrons. The monoisotopic (exact) mass is 301 g/mol. The molecular formula is C14H11ClF3NO. The molecule has 1 heterocycles. The van der Waals surface area contributed by atoms with Crippen molar-refractivity contribution in [2.24, 2.45) is 5.92 Å². The minimum Gasteiger partial charge on any atom is -0.274 e. The van der Waals surface area contributed by atoms with Gasteiger partial charge in [-0.1, -0.05) is 23.4 Å². The molecule has 1 N–H and O–H groups in total. The molecule has 1 saturated carbocycles. The summed E-state index contributed by atoms with van der Waals surface area (Å²) >= 11 is 5.84. The summed E-state index contributed by atoms with van der Waals surface area (Å²) in [5.41, 5.74) is 0.453. The summed E-state index contributed by atoms with van der Waals surface area (Å²) in [5.74, 6) is 5.21. The molecule has 0 spiro atoms. The maximum absolute atomic E-state index is 13.6. The van der Waals surface area contributed by atoms with E-state index >= 15 is 0 Å². The highest BCUT2D eigenvalue weighted by Crippen LogP contribution is 2.47. The van der Waals surface area contributed by atoms with E-state index in [0.717, 1.165) is 12.8 Å². The molecule has 20 heavy (non-hydrogen) atoms. The Morgan fingerprint density at radius 1 is 1.35 bits per heavy atom. The van der Waals surface area contributed by atoms with E-state index in [9.17, 15) is 13.2 Å². The van der Waals surface area contributed by atoms with Gasteiger partial charge in [0.25, 0.3) is 0 Å². The third kappa shape index (κ3) is 2.23. The Labute approximate surface area is 119 Å². The maximum Gasteiger partial charge on any atom is 0.411 e. The third-order valence-corrected chi connectivity index (χ3v) is 3.70. The second-order valence-electron chi connectivity index (χ2n) is 5.03. The fraction of sp³-hybridized carbons (Fsp3) is 0.429. The van der Waals surface area contributed by atoms with Crippen molar-refractivity contribution in [3.63, 3.8) is 0 Å². The van der Waals surface area contributed by atoms with Crippen LogP contribution in [-0.2, 0) is 10.3 Å². The van der Waals surface area contributed by atoms with E-state index in [4.69, 9.17) is 16.4 Å². The Morgan fingerprint density at radius 3 is 2.75 bits per heavy atom. The molecule has 1 aromatic rings. The van der Waals surface area contributed by atoms with Crippen LogP contribution in [0.1, 0.15) is 18.4 Å². The van der Waals surface area contributed by atoms with Crippen molar-refractivity contribution in [3.05, 3.63) is 28.8 Å². The summed E-state index contributed by atoms with van der Waals surface area (Å²) in [4.78, 5) is 4.92. The van der Waals surface area contributed by atoms with Crippen LogP contribution in [0.3, 0.4) is 0 Å². The van der Waals surface area contributed by atoms with Crippen LogP contribution in [0.25, 0.3) is 0 Å². The number of rotatable bonds is 0. The number of hydrogen-bond acceptors (Lipinski definition) is 2.